The van der Waals surface area contributed by atoms with Gasteiger partial charge in [0.05, 0.1) is 26.0 Å². The van der Waals surface area contributed by atoms with Crippen LogP contribution >= 0.6 is 0 Å². The molecule has 1 heterocycles. The number of rotatable bonds is 6. The van der Waals surface area contributed by atoms with E-state index in [1.54, 1.807) is 7.11 Å². The zero-order chi connectivity index (χ0) is 17.8. The van der Waals surface area contributed by atoms with Gasteiger partial charge in [0.1, 0.15) is 5.75 Å². The molecule has 5 nitrogen and oxygen atoms in total. The van der Waals surface area contributed by atoms with Crippen molar-refractivity contribution in [1.82, 2.24) is 0 Å². The number of hydrogen-bond donors (Lipinski definition) is 1. The minimum absolute atomic E-state index is 0.145. The summed E-state index contributed by atoms with van der Waals surface area (Å²) in [5, 5.41) is 2.89. The number of carbonyl (C=O) groups is 1. The first kappa shape index (κ1) is 16.9. The maximum Gasteiger partial charge on any atom is 0.256 e. The highest BCUT2D eigenvalue weighted by atomic mass is 16.5. The number of nitrogens with one attached hydrogen (secondary N) is 1. The maximum absolute atomic E-state index is 12.4. The van der Waals surface area contributed by atoms with Crippen molar-refractivity contribution in [3.63, 3.8) is 0 Å². The van der Waals surface area contributed by atoms with Crippen molar-refractivity contribution in [1.29, 1.82) is 0 Å². The van der Waals surface area contributed by atoms with E-state index in [0.717, 1.165) is 22.6 Å². The molecule has 0 atom stereocenters. The molecule has 1 aliphatic heterocycles. The Labute approximate surface area is 147 Å². The fourth-order valence-electron chi connectivity index (χ4n) is 2.83. The van der Waals surface area contributed by atoms with Crippen LogP contribution in [0, 0.1) is 0 Å². The average Bonchev–Trinajstić information content (AvgIpc) is 2.91. The molecule has 0 aromatic heterocycles. The van der Waals surface area contributed by atoms with Crippen LogP contribution in [0.25, 0.3) is 11.6 Å². The molecule has 3 rings (SSSR count). The quantitative estimate of drug-likeness (QED) is 0.809. The lowest BCUT2D eigenvalue weighted by Gasteiger charge is -2.12. The first-order valence-corrected chi connectivity index (χ1v) is 8.28. The van der Waals surface area contributed by atoms with E-state index in [1.165, 1.54) is 0 Å². The van der Waals surface area contributed by atoms with E-state index in [-0.39, 0.29) is 5.91 Å². The molecule has 1 aliphatic rings. The smallest absolute Gasteiger partial charge is 0.256 e. The third-order valence-electron chi connectivity index (χ3n) is 3.90. The first-order chi connectivity index (χ1) is 12.2. The van der Waals surface area contributed by atoms with E-state index >= 15 is 0 Å². The summed E-state index contributed by atoms with van der Waals surface area (Å²) in [5.41, 5.74) is 2.99. The van der Waals surface area contributed by atoms with Crippen molar-refractivity contribution >= 4 is 23.2 Å². The van der Waals surface area contributed by atoms with Crippen LogP contribution < -0.4 is 19.5 Å². The first-order valence-electron chi connectivity index (χ1n) is 8.28. The summed E-state index contributed by atoms with van der Waals surface area (Å²) >= 11 is 0. The molecule has 1 N–H and O–H groups in total. The summed E-state index contributed by atoms with van der Waals surface area (Å²) in [6.07, 6.45) is 1.83. The lowest BCUT2D eigenvalue weighted by molar-refractivity contribution is -0.110. The molecular formula is C20H21NO4. The van der Waals surface area contributed by atoms with E-state index in [2.05, 4.69) is 5.32 Å². The van der Waals surface area contributed by atoms with Crippen molar-refractivity contribution in [3.8, 4) is 17.2 Å². The highest BCUT2D eigenvalue weighted by molar-refractivity contribution is 6.35. The molecule has 0 unspecified atom stereocenters. The van der Waals surface area contributed by atoms with Crippen LogP contribution in [-0.4, -0.2) is 26.2 Å². The molecule has 130 valence electrons. The van der Waals surface area contributed by atoms with Crippen LogP contribution in [0.5, 0.6) is 17.2 Å². The Morgan fingerprint density at radius 2 is 1.88 bits per heavy atom. The molecule has 2 aromatic carbocycles. The fourth-order valence-corrected chi connectivity index (χ4v) is 2.83. The number of anilines is 1. The van der Waals surface area contributed by atoms with Crippen molar-refractivity contribution in [2.45, 2.75) is 13.8 Å². The van der Waals surface area contributed by atoms with E-state index < -0.39 is 0 Å². The standard InChI is InChI=1S/C20H21NO4/c1-4-24-14-9-10-15-16(20(22)21-17(15)12-14)11-13-7-6-8-18(23-3)19(13)25-5-2/h6-12H,4-5H2,1-3H3,(H,21,22)/b16-11+. The average molecular weight is 339 g/mol. The lowest BCUT2D eigenvalue weighted by atomic mass is 10.0. The van der Waals surface area contributed by atoms with Gasteiger partial charge in [-0.25, -0.2) is 0 Å². The van der Waals surface area contributed by atoms with Gasteiger partial charge in [-0.1, -0.05) is 12.1 Å². The third kappa shape index (κ3) is 3.31. The van der Waals surface area contributed by atoms with E-state index in [9.17, 15) is 4.79 Å². The number of amides is 1. The zero-order valence-electron chi connectivity index (χ0n) is 14.6. The predicted molar refractivity (Wildman–Crippen MR) is 98.3 cm³/mol. The van der Waals surface area contributed by atoms with Gasteiger partial charge < -0.3 is 19.5 Å². The largest absolute Gasteiger partial charge is 0.494 e. The van der Waals surface area contributed by atoms with Crippen molar-refractivity contribution < 1.29 is 19.0 Å². The number of benzene rings is 2. The number of hydrogen-bond acceptors (Lipinski definition) is 4. The van der Waals surface area contributed by atoms with Gasteiger partial charge in [-0.15, -0.1) is 0 Å². The van der Waals surface area contributed by atoms with Crippen molar-refractivity contribution in [2.75, 3.05) is 25.6 Å². The normalized spacial score (nSPS) is 14.2. The molecule has 2 aromatic rings. The van der Waals surface area contributed by atoms with Gasteiger partial charge in [-0.3, -0.25) is 4.79 Å². The molecule has 5 heteroatoms. The number of carbonyl (C=O) groups excluding carboxylic acids is 1. The molecule has 25 heavy (non-hydrogen) atoms. The Balaban J connectivity index is 2.05. The van der Waals surface area contributed by atoms with Gasteiger partial charge in [0.15, 0.2) is 11.5 Å². The topological polar surface area (TPSA) is 56.8 Å². The van der Waals surface area contributed by atoms with Crippen LogP contribution in [0.3, 0.4) is 0 Å². The van der Waals surface area contributed by atoms with Gasteiger partial charge in [0.2, 0.25) is 0 Å². The predicted octanol–water partition coefficient (Wildman–Crippen LogP) is 3.99. The number of para-hydroxylation sites is 1. The second-order valence-electron chi connectivity index (χ2n) is 5.46. The second-order valence-corrected chi connectivity index (χ2v) is 5.46. The minimum atomic E-state index is -0.145. The van der Waals surface area contributed by atoms with Gasteiger partial charge in [-0.2, -0.15) is 0 Å². The molecule has 0 bridgehead atoms. The molecule has 0 spiro atoms. The van der Waals surface area contributed by atoms with Crippen LogP contribution in [0.1, 0.15) is 25.0 Å². The minimum Gasteiger partial charge on any atom is -0.494 e. The SMILES string of the molecule is CCOc1ccc2c(c1)NC(=O)/C2=C/c1cccc(OC)c1OCC. The second kappa shape index (κ2) is 7.30. The van der Waals surface area contributed by atoms with Crippen molar-refractivity contribution in [3.05, 3.63) is 47.5 Å². The summed E-state index contributed by atoms with van der Waals surface area (Å²) in [6, 6.07) is 11.2. The summed E-state index contributed by atoms with van der Waals surface area (Å²) in [4.78, 5) is 12.4. The number of ether oxygens (including phenoxy) is 3. The highest BCUT2D eigenvalue weighted by Crippen LogP contribution is 2.38. The van der Waals surface area contributed by atoms with Gasteiger partial charge in [-0.05, 0) is 38.1 Å². The molecular weight excluding hydrogens is 318 g/mol. The summed E-state index contributed by atoms with van der Waals surface area (Å²) in [5.74, 6) is 1.86. The molecule has 0 saturated carbocycles. The van der Waals surface area contributed by atoms with E-state index in [0.29, 0.717) is 30.3 Å². The summed E-state index contributed by atoms with van der Waals surface area (Å²) < 4.78 is 16.6. The van der Waals surface area contributed by atoms with Gasteiger partial charge in [0.25, 0.3) is 5.91 Å². The number of methoxy groups -OCH3 is 1. The van der Waals surface area contributed by atoms with Gasteiger partial charge in [0, 0.05) is 22.8 Å². The van der Waals surface area contributed by atoms with Crippen molar-refractivity contribution in [2.24, 2.45) is 0 Å². The Bertz CT molecular complexity index is 826. The molecule has 0 radical (unpaired) electrons. The van der Waals surface area contributed by atoms with Crippen LogP contribution in [-0.2, 0) is 4.79 Å². The number of fused-ring (bicyclic) bond motifs is 1. The van der Waals surface area contributed by atoms with Crippen LogP contribution in [0.2, 0.25) is 0 Å². The van der Waals surface area contributed by atoms with E-state index in [1.807, 2.05) is 56.3 Å². The Kier molecular flexibility index (Phi) is 4.93. The molecule has 0 aliphatic carbocycles. The Morgan fingerprint density at radius 3 is 2.60 bits per heavy atom. The maximum atomic E-state index is 12.4. The summed E-state index contributed by atoms with van der Waals surface area (Å²) in [7, 11) is 1.60. The van der Waals surface area contributed by atoms with Crippen LogP contribution in [0.15, 0.2) is 36.4 Å². The highest BCUT2D eigenvalue weighted by Gasteiger charge is 2.25. The Morgan fingerprint density at radius 1 is 1.08 bits per heavy atom. The monoisotopic (exact) mass is 339 g/mol. The molecule has 0 fully saturated rings. The van der Waals surface area contributed by atoms with Gasteiger partial charge >= 0.3 is 0 Å². The molecule has 1 amide bonds. The lowest BCUT2D eigenvalue weighted by Crippen LogP contribution is -2.04. The third-order valence-corrected chi connectivity index (χ3v) is 3.90. The van der Waals surface area contributed by atoms with Crippen LogP contribution in [0.4, 0.5) is 5.69 Å². The Hall–Kier alpha value is -2.95. The fraction of sp³-hybridized carbons (Fsp3) is 0.250. The zero-order valence-corrected chi connectivity index (χ0v) is 14.6. The van der Waals surface area contributed by atoms with E-state index in [4.69, 9.17) is 14.2 Å². The summed E-state index contributed by atoms with van der Waals surface area (Å²) in [6.45, 7) is 4.93. The molecule has 0 saturated heterocycles.